The van der Waals surface area contributed by atoms with E-state index < -0.39 is 16.0 Å². The van der Waals surface area contributed by atoms with Crippen LogP contribution in [0.4, 0.5) is 0 Å². The Kier molecular flexibility index (Phi) is 2.60. The third-order valence-corrected chi connectivity index (χ3v) is 2.99. The molecule has 17 heavy (non-hydrogen) atoms. The van der Waals surface area contributed by atoms with Gasteiger partial charge in [0.05, 0.1) is 11.3 Å². The predicted molar refractivity (Wildman–Crippen MR) is 56.5 cm³/mol. The van der Waals surface area contributed by atoms with E-state index in [0.717, 1.165) is 12.3 Å². The van der Waals surface area contributed by atoms with Crippen molar-refractivity contribution in [1.82, 2.24) is 4.98 Å². The molecule has 1 aliphatic rings. The Morgan fingerprint density at radius 1 is 1.24 bits per heavy atom. The van der Waals surface area contributed by atoms with Gasteiger partial charge in [-0.05, 0) is 13.0 Å². The number of carbonyl (C=O) groups excluding carboxylic acids is 1. The van der Waals surface area contributed by atoms with Crippen molar-refractivity contribution in [2.75, 3.05) is 0 Å². The van der Waals surface area contributed by atoms with E-state index in [9.17, 15) is 13.2 Å². The van der Waals surface area contributed by atoms with Gasteiger partial charge in [0.2, 0.25) is 0 Å². The van der Waals surface area contributed by atoms with Crippen LogP contribution in [0.2, 0.25) is 0 Å². The fourth-order valence-electron chi connectivity index (χ4n) is 1.40. The first-order valence-electron chi connectivity index (χ1n) is 4.49. The Labute approximate surface area is 96.7 Å². The smallest absolute Gasteiger partial charge is 0.282 e. The zero-order valence-electron chi connectivity index (χ0n) is 8.65. The van der Waals surface area contributed by atoms with Crippen molar-refractivity contribution < 1.29 is 17.8 Å². The van der Waals surface area contributed by atoms with E-state index in [1.165, 1.54) is 6.20 Å². The molecule has 0 bridgehead atoms. The second-order valence-electron chi connectivity index (χ2n) is 3.35. The van der Waals surface area contributed by atoms with Crippen molar-refractivity contribution in [2.45, 2.75) is 11.8 Å². The number of hydrogen-bond acceptors (Lipinski definition) is 5. The second kappa shape index (κ2) is 3.82. The van der Waals surface area contributed by atoms with Crippen LogP contribution in [-0.4, -0.2) is 23.9 Å². The third-order valence-electron chi connectivity index (χ3n) is 2.17. The Morgan fingerprint density at radius 2 is 1.94 bits per heavy atom. The summed E-state index contributed by atoms with van der Waals surface area (Å²) >= 11 is 0. The highest BCUT2D eigenvalue weighted by molar-refractivity contribution is 7.85. The topological polar surface area (TPSA) is 109 Å². The molecule has 0 saturated carbocycles. The van der Waals surface area contributed by atoms with E-state index in [-0.39, 0.29) is 16.0 Å². The molecule has 1 aromatic heterocycles. The molecule has 0 unspecified atom stereocenters. The molecule has 7 nitrogen and oxygen atoms in total. The highest BCUT2D eigenvalue weighted by Gasteiger charge is 2.22. The van der Waals surface area contributed by atoms with Gasteiger partial charge in [0.15, 0.2) is 0 Å². The van der Waals surface area contributed by atoms with Crippen LogP contribution in [0.5, 0.6) is 0 Å². The van der Waals surface area contributed by atoms with Gasteiger partial charge in [-0.2, -0.15) is 13.5 Å². The minimum absolute atomic E-state index is 0.183. The molecular weight excluding hydrogens is 246 g/mol. The van der Waals surface area contributed by atoms with E-state index in [1.54, 1.807) is 6.92 Å². The van der Waals surface area contributed by atoms with Gasteiger partial charge in [-0.15, -0.1) is 5.11 Å². The van der Waals surface area contributed by atoms with Crippen LogP contribution in [0.25, 0.3) is 5.57 Å². The molecule has 1 amide bonds. The van der Waals surface area contributed by atoms with Crippen molar-refractivity contribution in [3.63, 3.8) is 0 Å². The van der Waals surface area contributed by atoms with E-state index in [2.05, 4.69) is 15.2 Å². The van der Waals surface area contributed by atoms with Gasteiger partial charge in [-0.3, -0.25) is 14.3 Å². The SMILES string of the molecule is CC1=C(c2cncc(S(=O)(=O)O)c2)C(=O)N=N1. The largest absolute Gasteiger partial charge is 0.297 e. The quantitative estimate of drug-likeness (QED) is 0.792. The van der Waals surface area contributed by atoms with Gasteiger partial charge in [0.1, 0.15) is 4.90 Å². The summed E-state index contributed by atoms with van der Waals surface area (Å²) in [6.07, 6.45) is 2.30. The highest BCUT2D eigenvalue weighted by atomic mass is 32.2. The number of rotatable bonds is 2. The average molecular weight is 253 g/mol. The van der Waals surface area contributed by atoms with Gasteiger partial charge in [-0.1, -0.05) is 0 Å². The maximum atomic E-state index is 11.4. The first kappa shape index (κ1) is 11.6. The Morgan fingerprint density at radius 3 is 2.47 bits per heavy atom. The lowest BCUT2D eigenvalue weighted by Gasteiger charge is -2.02. The lowest BCUT2D eigenvalue weighted by atomic mass is 10.1. The molecule has 1 aromatic rings. The van der Waals surface area contributed by atoms with Crippen LogP contribution < -0.4 is 0 Å². The number of pyridine rings is 1. The van der Waals surface area contributed by atoms with Crippen LogP contribution in [0.1, 0.15) is 12.5 Å². The molecule has 0 aromatic carbocycles. The van der Waals surface area contributed by atoms with E-state index in [0.29, 0.717) is 5.70 Å². The van der Waals surface area contributed by atoms with Crippen molar-refractivity contribution in [1.29, 1.82) is 0 Å². The number of allylic oxidation sites excluding steroid dienone is 1. The molecule has 1 N–H and O–H groups in total. The average Bonchev–Trinajstić information content (AvgIpc) is 2.57. The molecular formula is C9H7N3O4S. The fraction of sp³-hybridized carbons (Fsp3) is 0.111. The highest BCUT2D eigenvalue weighted by Crippen LogP contribution is 2.26. The van der Waals surface area contributed by atoms with Crippen LogP contribution >= 0.6 is 0 Å². The first-order valence-corrected chi connectivity index (χ1v) is 5.93. The molecule has 2 rings (SSSR count). The molecule has 0 radical (unpaired) electrons. The van der Waals surface area contributed by atoms with Crippen LogP contribution in [0.15, 0.2) is 39.3 Å². The monoisotopic (exact) mass is 253 g/mol. The summed E-state index contributed by atoms with van der Waals surface area (Å²) < 4.78 is 30.7. The number of aromatic nitrogens is 1. The molecule has 0 fully saturated rings. The Bertz CT molecular complexity index is 661. The summed E-state index contributed by atoms with van der Waals surface area (Å²) in [7, 11) is -4.35. The lowest BCUT2D eigenvalue weighted by molar-refractivity contribution is -0.112. The standard InChI is InChI=1S/C9H7N3O4S/c1-5-8(9(13)12-11-5)6-2-7(4-10-3-6)17(14,15)16/h2-4H,1H3,(H,14,15,16). The van der Waals surface area contributed by atoms with E-state index in [1.807, 2.05) is 0 Å². The number of nitrogens with zero attached hydrogens (tertiary/aromatic N) is 3. The summed E-state index contributed by atoms with van der Waals surface area (Å²) in [6.45, 7) is 1.57. The van der Waals surface area contributed by atoms with Gasteiger partial charge >= 0.3 is 0 Å². The first-order chi connectivity index (χ1) is 7.89. The Hall–Kier alpha value is -1.93. The second-order valence-corrected chi connectivity index (χ2v) is 4.77. The zero-order valence-corrected chi connectivity index (χ0v) is 9.47. The zero-order chi connectivity index (χ0) is 12.6. The minimum Gasteiger partial charge on any atom is -0.282 e. The fourth-order valence-corrected chi connectivity index (χ4v) is 1.87. The summed E-state index contributed by atoms with van der Waals surface area (Å²) in [5, 5.41) is 6.92. The van der Waals surface area contributed by atoms with Gasteiger partial charge in [0.25, 0.3) is 16.0 Å². The van der Waals surface area contributed by atoms with Crippen molar-refractivity contribution in [2.24, 2.45) is 10.2 Å². The molecule has 0 aliphatic carbocycles. The van der Waals surface area contributed by atoms with Crippen molar-refractivity contribution in [3.05, 3.63) is 29.7 Å². The molecule has 0 spiro atoms. The van der Waals surface area contributed by atoms with Gasteiger partial charge in [0, 0.05) is 18.0 Å². The normalized spacial score (nSPS) is 15.8. The molecule has 1 aliphatic heterocycles. The summed E-state index contributed by atoms with van der Waals surface area (Å²) in [4.78, 5) is 14.7. The molecule has 0 saturated heterocycles. The minimum atomic E-state index is -4.35. The molecule has 88 valence electrons. The number of azo groups is 1. The van der Waals surface area contributed by atoms with Crippen molar-refractivity contribution in [3.8, 4) is 0 Å². The summed E-state index contributed by atoms with van der Waals surface area (Å²) in [5.41, 5.74) is 0.819. The van der Waals surface area contributed by atoms with Crippen molar-refractivity contribution >= 4 is 21.6 Å². The van der Waals surface area contributed by atoms with Crippen LogP contribution in [0.3, 0.4) is 0 Å². The number of amides is 1. The number of carbonyl (C=O) groups is 1. The molecule has 8 heteroatoms. The van der Waals surface area contributed by atoms with Gasteiger partial charge < -0.3 is 0 Å². The van der Waals surface area contributed by atoms with Gasteiger partial charge in [-0.25, -0.2) is 0 Å². The van der Waals surface area contributed by atoms with Crippen LogP contribution in [0, 0.1) is 0 Å². The summed E-state index contributed by atoms with van der Waals surface area (Å²) in [6, 6.07) is 1.15. The predicted octanol–water partition coefficient (Wildman–Crippen LogP) is 1.05. The summed E-state index contributed by atoms with van der Waals surface area (Å²) in [5.74, 6) is -0.559. The van der Waals surface area contributed by atoms with Crippen LogP contribution in [-0.2, 0) is 14.9 Å². The maximum Gasteiger partial charge on any atom is 0.297 e. The van der Waals surface area contributed by atoms with E-state index >= 15 is 0 Å². The lowest BCUT2D eigenvalue weighted by Crippen LogP contribution is -2.02. The molecule has 2 heterocycles. The Balaban J connectivity index is 2.57. The third kappa shape index (κ3) is 2.12. The molecule has 0 atom stereocenters. The number of hydrogen-bond donors (Lipinski definition) is 1. The van der Waals surface area contributed by atoms with E-state index in [4.69, 9.17) is 4.55 Å². The maximum absolute atomic E-state index is 11.4.